The van der Waals surface area contributed by atoms with Crippen LogP contribution in [0, 0.1) is 5.82 Å². The van der Waals surface area contributed by atoms with E-state index in [9.17, 15) is 4.39 Å². The second kappa shape index (κ2) is 6.79. The molecule has 0 fully saturated rings. The predicted octanol–water partition coefficient (Wildman–Crippen LogP) is 4.52. The Morgan fingerprint density at radius 2 is 1.96 bits per heavy atom. The van der Waals surface area contributed by atoms with E-state index in [0.29, 0.717) is 24.5 Å². The van der Waals surface area contributed by atoms with Crippen molar-refractivity contribution in [2.75, 3.05) is 12.3 Å². The van der Waals surface area contributed by atoms with E-state index in [1.54, 1.807) is 23.5 Å². The van der Waals surface area contributed by atoms with Gasteiger partial charge in [-0.1, -0.05) is 6.07 Å². The van der Waals surface area contributed by atoms with Crippen molar-refractivity contribution in [3.05, 3.63) is 64.2 Å². The van der Waals surface area contributed by atoms with Crippen LogP contribution in [0.3, 0.4) is 0 Å². The normalized spacial score (nSPS) is 10.7. The molecule has 1 aromatic heterocycles. The molecular formula is C18H17FN2OS. The number of nitrogens with two attached hydrogens (primary N) is 1. The number of hydrogen-bond acceptors (Lipinski definition) is 4. The van der Waals surface area contributed by atoms with Gasteiger partial charge in [-0.15, -0.1) is 11.3 Å². The van der Waals surface area contributed by atoms with Crippen molar-refractivity contribution in [1.29, 1.82) is 0 Å². The van der Waals surface area contributed by atoms with Gasteiger partial charge in [-0.3, -0.25) is 0 Å². The number of ether oxygens (including phenoxy) is 1. The van der Waals surface area contributed by atoms with Gasteiger partial charge in [-0.25, -0.2) is 9.37 Å². The molecule has 0 atom stereocenters. The molecule has 5 heteroatoms. The van der Waals surface area contributed by atoms with Crippen molar-refractivity contribution in [1.82, 2.24) is 4.98 Å². The molecule has 0 aliphatic carbocycles. The zero-order valence-corrected chi connectivity index (χ0v) is 13.6. The summed E-state index contributed by atoms with van der Waals surface area (Å²) < 4.78 is 18.4. The van der Waals surface area contributed by atoms with E-state index in [4.69, 9.17) is 10.5 Å². The maximum absolute atomic E-state index is 13.0. The molecule has 0 spiro atoms. The number of aromatic nitrogens is 1. The molecule has 0 radical (unpaired) electrons. The first kappa shape index (κ1) is 15.5. The second-order valence-electron chi connectivity index (χ2n) is 5.12. The molecule has 3 rings (SSSR count). The summed E-state index contributed by atoms with van der Waals surface area (Å²) in [5, 5.41) is 2.98. The number of halogens is 1. The van der Waals surface area contributed by atoms with Crippen LogP contribution < -0.4 is 10.5 Å². The van der Waals surface area contributed by atoms with Crippen LogP contribution in [-0.4, -0.2) is 11.6 Å². The number of anilines is 1. The van der Waals surface area contributed by atoms with Gasteiger partial charge in [0.05, 0.1) is 23.0 Å². The molecule has 0 amide bonds. The van der Waals surface area contributed by atoms with Gasteiger partial charge >= 0.3 is 0 Å². The highest BCUT2D eigenvalue weighted by Crippen LogP contribution is 2.27. The van der Waals surface area contributed by atoms with Gasteiger partial charge in [-0.05, 0) is 48.9 Å². The Morgan fingerprint density at radius 1 is 1.17 bits per heavy atom. The van der Waals surface area contributed by atoms with Gasteiger partial charge in [0.2, 0.25) is 0 Å². The van der Waals surface area contributed by atoms with Crippen LogP contribution in [-0.2, 0) is 6.42 Å². The molecule has 2 N–H and O–H groups in total. The summed E-state index contributed by atoms with van der Waals surface area (Å²) in [6.45, 7) is 2.52. The average molecular weight is 328 g/mol. The van der Waals surface area contributed by atoms with Crippen molar-refractivity contribution >= 4 is 17.0 Å². The van der Waals surface area contributed by atoms with Gasteiger partial charge < -0.3 is 10.5 Å². The van der Waals surface area contributed by atoms with E-state index < -0.39 is 0 Å². The quantitative estimate of drug-likeness (QED) is 0.701. The standard InChI is InChI=1S/C18H17FN2OS/c1-2-22-17-8-3-12(9-15(17)20)10-18-21-16(11-23-18)13-4-6-14(19)7-5-13/h3-9,11H,2,10,20H2,1H3. The molecule has 1 heterocycles. The minimum absolute atomic E-state index is 0.242. The van der Waals surface area contributed by atoms with E-state index in [1.165, 1.54) is 12.1 Å². The monoisotopic (exact) mass is 328 g/mol. The van der Waals surface area contributed by atoms with Crippen LogP contribution in [0.2, 0.25) is 0 Å². The van der Waals surface area contributed by atoms with E-state index in [0.717, 1.165) is 21.8 Å². The third-order valence-corrected chi connectivity index (χ3v) is 4.27. The lowest BCUT2D eigenvalue weighted by Gasteiger charge is -2.08. The SMILES string of the molecule is CCOc1ccc(Cc2nc(-c3ccc(F)cc3)cs2)cc1N. The molecule has 23 heavy (non-hydrogen) atoms. The van der Waals surface area contributed by atoms with E-state index >= 15 is 0 Å². The molecule has 0 saturated carbocycles. The zero-order chi connectivity index (χ0) is 16.2. The Kier molecular flexibility index (Phi) is 4.57. The summed E-state index contributed by atoms with van der Waals surface area (Å²) in [5.74, 6) is 0.469. The van der Waals surface area contributed by atoms with Gasteiger partial charge in [0.15, 0.2) is 0 Å². The summed E-state index contributed by atoms with van der Waals surface area (Å²) in [5.41, 5.74) is 9.50. The third-order valence-electron chi connectivity index (χ3n) is 3.42. The first-order valence-corrected chi connectivity index (χ1v) is 8.25. The Labute approximate surface area is 138 Å². The first-order valence-electron chi connectivity index (χ1n) is 7.37. The minimum Gasteiger partial charge on any atom is -0.492 e. The van der Waals surface area contributed by atoms with Crippen LogP contribution in [0.5, 0.6) is 5.75 Å². The summed E-state index contributed by atoms with van der Waals surface area (Å²) in [6.07, 6.45) is 0.711. The lowest BCUT2D eigenvalue weighted by atomic mass is 10.1. The fraction of sp³-hybridized carbons (Fsp3) is 0.167. The molecule has 2 aromatic carbocycles. The zero-order valence-electron chi connectivity index (χ0n) is 12.8. The lowest BCUT2D eigenvalue weighted by molar-refractivity contribution is 0.342. The minimum atomic E-state index is -0.242. The van der Waals surface area contributed by atoms with Gasteiger partial charge in [0.1, 0.15) is 11.6 Å². The molecule has 0 aliphatic rings. The average Bonchev–Trinajstić information content (AvgIpc) is 2.99. The molecule has 0 unspecified atom stereocenters. The van der Waals surface area contributed by atoms with Crippen LogP contribution in [0.25, 0.3) is 11.3 Å². The predicted molar refractivity (Wildman–Crippen MR) is 92.3 cm³/mol. The molecular weight excluding hydrogens is 311 g/mol. The van der Waals surface area contributed by atoms with E-state index in [2.05, 4.69) is 4.98 Å². The molecule has 0 aliphatic heterocycles. The third kappa shape index (κ3) is 3.68. The highest BCUT2D eigenvalue weighted by Gasteiger charge is 2.07. The number of hydrogen-bond donors (Lipinski definition) is 1. The topological polar surface area (TPSA) is 48.1 Å². The molecule has 118 valence electrons. The van der Waals surface area contributed by atoms with Crippen LogP contribution in [0.4, 0.5) is 10.1 Å². The number of nitrogens with zero attached hydrogens (tertiary/aromatic N) is 1. The van der Waals surface area contributed by atoms with Crippen molar-refractivity contribution < 1.29 is 9.13 Å². The van der Waals surface area contributed by atoms with Crippen molar-refractivity contribution in [3.8, 4) is 17.0 Å². The van der Waals surface area contributed by atoms with Gasteiger partial charge in [0, 0.05) is 17.4 Å². The van der Waals surface area contributed by atoms with Crippen LogP contribution in [0.1, 0.15) is 17.5 Å². The van der Waals surface area contributed by atoms with E-state index in [1.807, 2.05) is 30.5 Å². The van der Waals surface area contributed by atoms with Crippen LogP contribution in [0.15, 0.2) is 47.8 Å². The summed E-state index contributed by atoms with van der Waals surface area (Å²) in [4.78, 5) is 4.62. The van der Waals surface area contributed by atoms with Crippen molar-refractivity contribution in [3.63, 3.8) is 0 Å². The highest BCUT2D eigenvalue weighted by molar-refractivity contribution is 7.10. The largest absolute Gasteiger partial charge is 0.492 e. The maximum Gasteiger partial charge on any atom is 0.142 e. The Balaban J connectivity index is 1.76. The first-order chi connectivity index (χ1) is 11.2. The van der Waals surface area contributed by atoms with Crippen LogP contribution >= 0.6 is 11.3 Å². The van der Waals surface area contributed by atoms with E-state index in [-0.39, 0.29) is 5.82 Å². The smallest absolute Gasteiger partial charge is 0.142 e. The number of rotatable bonds is 5. The number of nitrogen functional groups attached to an aromatic ring is 1. The fourth-order valence-corrected chi connectivity index (χ4v) is 3.15. The summed E-state index contributed by atoms with van der Waals surface area (Å²) >= 11 is 1.59. The lowest BCUT2D eigenvalue weighted by Crippen LogP contribution is -1.98. The molecule has 3 nitrogen and oxygen atoms in total. The van der Waals surface area contributed by atoms with Gasteiger partial charge in [-0.2, -0.15) is 0 Å². The number of benzene rings is 2. The second-order valence-corrected chi connectivity index (χ2v) is 6.06. The fourth-order valence-electron chi connectivity index (χ4n) is 2.31. The summed E-state index contributed by atoms with van der Waals surface area (Å²) in [7, 11) is 0. The Bertz CT molecular complexity index is 799. The molecule has 0 saturated heterocycles. The molecule has 3 aromatic rings. The number of thiazole rings is 1. The Hall–Kier alpha value is -2.40. The summed E-state index contributed by atoms with van der Waals surface area (Å²) in [6, 6.07) is 12.2. The Morgan fingerprint density at radius 3 is 2.65 bits per heavy atom. The van der Waals surface area contributed by atoms with Crippen molar-refractivity contribution in [2.45, 2.75) is 13.3 Å². The highest BCUT2D eigenvalue weighted by atomic mass is 32.1. The maximum atomic E-state index is 13.0. The van der Waals surface area contributed by atoms with Crippen molar-refractivity contribution in [2.24, 2.45) is 0 Å². The molecule has 0 bridgehead atoms. The van der Waals surface area contributed by atoms with Gasteiger partial charge in [0.25, 0.3) is 0 Å².